The van der Waals surface area contributed by atoms with Crippen LogP contribution in [-0.4, -0.2) is 37.2 Å². The number of rotatable bonds is 3. The predicted octanol–water partition coefficient (Wildman–Crippen LogP) is 1.97. The van der Waals surface area contributed by atoms with Gasteiger partial charge in [-0.15, -0.1) is 0 Å². The number of esters is 3. The summed E-state index contributed by atoms with van der Waals surface area (Å²) in [5, 5.41) is 0. The van der Waals surface area contributed by atoms with E-state index in [1.807, 2.05) is 0 Å². The van der Waals surface area contributed by atoms with Gasteiger partial charge in [0.1, 0.15) is 12.2 Å². The van der Waals surface area contributed by atoms with E-state index in [0.717, 1.165) is 24.7 Å². The number of hydrogen-bond donors (Lipinski definition) is 0. The van der Waals surface area contributed by atoms with Gasteiger partial charge in [0.05, 0.1) is 24.9 Å². The second-order valence-electron chi connectivity index (χ2n) is 10.5. The molecule has 6 fully saturated rings. The minimum Gasteiger partial charge on any atom is -0.469 e. The monoisotopic (exact) mass is 398 g/mol. The lowest BCUT2D eigenvalue weighted by molar-refractivity contribution is -0.171. The number of carbonyl (C=O) groups excluding carboxylic acids is 3. The van der Waals surface area contributed by atoms with Crippen LogP contribution in [-0.2, 0) is 28.6 Å². The normalized spacial score (nSPS) is 56.7. The maximum Gasteiger partial charge on any atom is 0.310 e. The molecule has 6 heteroatoms. The van der Waals surface area contributed by atoms with E-state index in [1.54, 1.807) is 0 Å². The van der Waals surface area contributed by atoms with Crippen molar-refractivity contribution >= 4 is 17.9 Å². The molecule has 0 spiro atoms. The van der Waals surface area contributed by atoms with Gasteiger partial charge in [0, 0.05) is 11.8 Å². The molecule has 0 amide bonds. The molecule has 0 aromatic rings. The molecule has 7 rings (SSSR count). The molecule has 29 heavy (non-hydrogen) atoms. The van der Waals surface area contributed by atoms with E-state index < -0.39 is 17.9 Å². The van der Waals surface area contributed by atoms with Gasteiger partial charge in [-0.25, -0.2) is 0 Å². The second-order valence-corrected chi connectivity index (χ2v) is 10.5. The average molecular weight is 398 g/mol. The highest BCUT2D eigenvalue weighted by atomic mass is 16.6. The molecule has 1 aliphatic heterocycles. The fourth-order valence-electron chi connectivity index (χ4n) is 9.11. The summed E-state index contributed by atoms with van der Waals surface area (Å²) in [6, 6.07) is 0. The standard InChI is InChI=1S/C23H26O6/c1-27-22(25)17-13-7-14-18(17)23(26)29-20(14)19(13)28-21(24)12-6-10-5-11(12)16-9-3-2-8(4-9)15(10)16/h2-3,8-20H,4-7H2,1H3. The summed E-state index contributed by atoms with van der Waals surface area (Å²) >= 11 is 0. The van der Waals surface area contributed by atoms with Gasteiger partial charge in [0.2, 0.25) is 0 Å². The Labute approximate surface area is 169 Å². The molecular weight excluding hydrogens is 372 g/mol. The molecule has 1 heterocycles. The van der Waals surface area contributed by atoms with Crippen LogP contribution in [0.3, 0.4) is 0 Å². The van der Waals surface area contributed by atoms with Crippen molar-refractivity contribution in [1.29, 1.82) is 0 Å². The van der Waals surface area contributed by atoms with Crippen LogP contribution < -0.4 is 0 Å². The number of fused-ring (bicyclic) bond motifs is 10. The Hall–Kier alpha value is -1.85. The molecule has 0 radical (unpaired) electrons. The van der Waals surface area contributed by atoms with E-state index in [9.17, 15) is 14.4 Å². The quantitative estimate of drug-likeness (QED) is 0.313. The van der Waals surface area contributed by atoms with Gasteiger partial charge in [-0.3, -0.25) is 14.4 Å². The SMILES string of the molecule is COC(=O)C1C2CC3C(OC(=O)C31)C2OC(=O)C1CC2CC1C1C3C=CC(C3)C21. The van der Waals surface area contributed by atoms with Gasteiger partial charge < -0.3 is 14.2 Å². The minimum atomic E-state index is -0.533. The van der Waals surface area contributed by atoms with Crippen LogP contribution >= 0.6 is 0 Å². The highest BCUT2D eigenvalue weighted by molar-refractivity contribution is 5.86. The summed E-state index contributed by atoms with van der Waals surface area (Å²) in [6.07, 6.45) is 8.00. The van der Waals surface area contributed by atoms with Crippen molar-refractivity contribution in [3.8, 4) is 0 Å². The van der Waals surface area contributed by atoms with Crippen LogP contribution in [0.25, 0.3) is 0 Å². The molecule has 5 saturated carbocycles. The number of ether oxygens (including phenoxy) is 3. The summed E-state index contributed by atoms with van der Waals surface area (Å²) in [6.45, 7) is 0. The molecule has 0 N–H and O–H groups in total. The van der Waals surface area contributed by atoms with E-state index in [-0.39, 0.29) is 41.8 Å². The lowest BCUT2D eigenvalue weighted by atomic mass is 9.69. The largest absolute Gasteiger partial charge is 0.469 e. The van der Waals surface area contributed by atoms with Gasteiger partial charge in [0.15, 0.2) is 0 Å². The van der Waals surface area contributed by atoms with Crippen LogP contribution in [0.2, 0.25) is 0 Å². The van der Waals surface area contributed by atoms with Gasteiger partial charge in [0.25, 0.3) is 0 Å². The van der Waals surface area contributed by atoms with Crippen molar-refractivity contribution in [3.63, 3.8) is 0 Å². The fourth-order valence-corrected chi connectivity index (χ4v) is 9.11. The Kier molecular flexibility index (Phi) is 3.17. The van der Waals surface area contributed by atoms with Crippen LogP contribution in [0.5, 0.6) is 0 Å². The van der Waals surface area contributed by atoms with Crippen LogP contribution in [0.4, 0.5) is 0 Å². The Morgan fingerprint density at radius 3 is 2.55 bits per heavy atom. The molecule has 7 aliphatic rings. The minimum absolute atomic E-state index is 0.0190. The van der Waals surface area contributed by atoms with Crippen LogP contribution in [0.15, 0.2) is 12.2 Å². The number of carbonyl (C=O) groups is 3. The zero-order chi connectivity index (χ0) is 19.6. The smallest absolute Gasteiger partial charge is 0.310 e. The number of allylic oxidation sites excluding steroid dienone is 2. The zero-order valence-electron chi connectivity index (χ0n) is 16.4. The molecule has 13 unspecified atom stereocenters. The predicted molar refractivity (Wildman–Crippen MR) is 97.8 cm³/mol. The van der Waals surface area contributed by atoms with Crippen molar-refractivity contribution in [2.24, 2.45) is 65.1 Å². The first-order valence-electron chi connectivity index (χ1n) is 11.2. The van der Waals surface area contributed by atoms with Gasteiger partial charge >= 0.3 is 17.9 Å². The maximum atomic E-state index is 13.3. The highest BCUT2D eigenvalue weighted by Gasteiger charge is 2.70. The summed E-state index contributed by atoms with van der Waals surface area (Å²) in [4.78, 5) is 38.0. The zero-order valence-corrected chi connectivity index (χ0v) is 16.4. The lowest BCUT2D eigenvalue weighted by Crippen LogP contribution is -2.45. The molecule has 6 nitrogen and oxygen atoms in total. The molecule has 154 valence electrons. The molecule has 13 atom stereocenters. The molecular formula is C23H26O6. The fraction of sp³-hybridized carbons (Fsp3) is 0.783. The number of hydrogen-bond acceptors (Lipinski definition) is 6. The molecule has 0 aromatic heterocycles. The van der Waals surface area contributed by atoms with Crippen molar-refractivity contribution in [2.45, 2.75) is 37.9 Å². The molecule has 6 bridgehead atoms. The maximum absolute atomic E-state index is 13.3. The Bertz CT molecular complexity index is 848. The molecule has 6 aliphatic carbocycles. The van der Waals surface area contributed by atoms with Crippen molar-refractivity contribution in [1.82, 2.24) is 0 Å². The third-order valence-corrected chi connectivity index (χ3v) is 9.84. The molecule has 1 saturated heterocycles. The van der Waals surface area contributed by atoms with E-state index in [4.69, 9.17) is 14.2 Å². The molecule has 0 aromatic carbocycles. The first-order chi connectivity index (χ1) is 14.1. The Morgan fingerprint density at radius 2 is 1.76 bits per heavy atom. The van der Waals surface area contributed by atoms with Crippen LogP contribution in [0.1, 0.15) is 25.7 Å². The topological polar surface area (TPSA) is 78.9 Å². The van der Waals surface area contributed by atoms with Gasteiger partial charge in [-0.2, -0.15) is 0 Å². The van der Waals surface area contributed by atoms with E-state index in [1.165, 1.54) is 13.5 Å². The van der Waals surface area contributed by atoms with Crippen molar-refractivity contribution < 1.29 is 28.6 Å². The van der Waals surface area contributed by atoms with Crippen molar-refractivity contribution in [2.75, 3.05) is 7.11 Å². The second kappa shape index (κ2) is 5.44. The van der Waals surface area contributed by atoms with E-state index in [2.05, 4.69) is 12.2 Å². The first-order valence-corrected chi connectivity index (χ1v) is 11.2. The van der Waals surface area contributed by atoms with E-state index >= 15 is 0 Å². The number of methoxy groups -OCH3 is 1. The Morgan fingerprint density at radius 1 is 0.966 bits per heavy atom. The Balaban J connectivity index is 1.12. The summed E-state index contributed by atoms with van der Waals surface area (Å²) in [5.74, 6) is 1.92. The summed E-state index contributed by atoms with van der Waals surface area (Å²) < 4.78 is 16.6. The van der Waals surface area contributed by atoms with Gasteiger partial charge in [-0.1, -0.05) is 12.2 Å². The lowest BCUT2D eigenvalue weighted by Gasteiger charge is -2.37. The van der Waals surface area contributed by atoms with Gasteiger partial charge in [-0.05, 0) is 61.2 Å². The average Bonchev–Trinajstić information content (AvgIpc) is 3.53. The summed E-state index contributed by atoms with van der Waals surface area (Å²) in [5.41, 5.74) is 0. The van der Waals surface area contributed by atoms with Crippen molar-refractivity contribution in [3.05, 3.63) is 12.2 Å². The summed E-state index contributed by atoms with van der Waals surface area (Å²) in [7, 11) is 1.35. The third-order valence-electron chi connectivity index (χ3n) is 9.84. The van der Waals surface area contributed by atoms with Crippen LogP contribution in [0, 0.1) is 65.1 Å². The first kappa shape index (κ1) is 16.9. The highest BCUT2D eigenvalue weighted by Crippen LogP contribution is 2.67. The van der Waals surface area contributed by atoms with E-state index in [0.29, 0.717) is 30.1 Å². The third kappa shape index (κ3) is 1.92.